The predicted molar refractivity (Wildman–Crippen MR) is 134 cm³/mol. The summed E-state index contributed by atoms with van der Waals surface area (Å²) in [6.45, 7) is 9.38. The van der Waals surface area contributed by atoms with Crippen LogP contribution in [0.3, 0.4) is 0 Å². The number of hydrogen-bond donors (Lipinski definition) is 1. The number of rotatable bonds is 8. The highest BCUT2D eigenvalue weighted by Crippen LogP contribution is 2.65. The highest BCUT2D eigenvalue weighted by molar-refractivity contribution is 6.31. The van der Waals surface area contributed by atoms with Gasteiger partial charge in [0.25, 0.3) is 0 Å². The number of aryl methyl sites for hydroxylation is 1. The molecule has 1 aromatic rings. The van der Waals surface area contributed by atoms with Gasteiger partial charge in [0.2, 0.25) is 5.91 Å². The van der Waals surface area contributed by atoms with Crippen LogP contribution in [-0.2, 0) is 26.2 Å². The zero-order valence-corrected chi connectivity index (χ0v) is 21.9. The number of aliphatic carboxylic acids is 1. The van der Waals surface area contributed by atoms with Crippen molar-refractivity contribution in [1.29, 1.82) is 0 Å². The third kappa shape index (κ3) is 4.30. The third-order valence-electron chi connectivity index (χ3n) is 8.55. The Balaban J connectivity index is 1.64. The second-order valence-electron chi connectivity index (χ2n) is 12.2. The van der Waals surface area contributed by atoms with E-state index in [9.17, 15) is 14.7 Å². The summed E-state index contributed by atoms with van der Waals surface area (Å²) in [6.07, 6.45) is 7.56. The summed E-state index contributed by atoms with van der Waals surface area (Å²) in [5, 5.41) is 10.4. The molecule has 0 aromatic heterocycles. The molecule has 6 heteroatoms. The molecule has 3 fully saturated rings. The monoisotopic (exact) mass is 487 g/mol. The highest BCUT2D eigenvalue weighted by Gasteiger charge is 2.68. The highest BCUT2D eigenvalue weighted by atomic mass is 35.5. The van der Waals surface area contributed by atoms with Gasteiger partial charge in [-0.05, 0) is 73.1 Å². The average molecular weight is 488 g/mol. The van der Waals surface area contributed by atoms with E-state index < -0.39 is 16.8 Å². The van der Waals surface area contributed by atoms with Crippen LogP contribution in [0.25, 0.3) is 0 Å². The van der Waals surface area contributed by atoms with Gasteiger partial charge in [-0.2, -0.15) is 0 Å². The van der Waals surface area contributed by atoms with Gasteiger partial charge in [0, 0.05) is 42.3 Å². The number of carboxylic acids is 1. The molecule has 186 valence electrons. The zero-order chi connectivity index (χ0) is 24.9. The Kier molecular flexibility index (Phi) is 6.44. The van der Waals surface area contributed by atoms with Gasteiger partial charge in [-0.15, -0.1) is 0 Å². The molecular weight excluding hydrogens is 450 g/mol. The van der Waals surface area contributed by atoms with Crippen molar-refractivity contribution < 1.29 is 19.4 Å². The van der Waals surface area contributed by atoms with Crippen molar-refractivity contribution in [3.8, 4) is 0 Å². The van der Waals surface area contributed by atoms with Crippen LogP contribution in [0.4, 0.5) is 0 Å². The summed E-state index contributed by atoms with van der Waals surface area (Å²) >= 11 is 6.74. The smallest absolute Gasteiger partial charge is 0.309 e. The van der Waals surface area contributed by atoms with Crippen LogP contribution >= 0.6 is 11.6 Å². The lowest BCUT2D eigenvalue weighted by molar-refractivity contribution is -0.161. The lowest BCUT2D eigenvalue weighted by Crippen LogP contribution is -2.60. The van der Waals surface area contributed by atoms with Gasteiger partial charge in [-0.25, -0.2) is 0 Å². The molecule has 1 N–H and O–H groups in total. The van der Waals surface area contributed by atoms with Gasteiger partial charge in [0.05, 0.1) is 5.41 Å². The van der Waals surface area contributed by atoms with Crippen molar-refractivity contribution in [3.05, 3.63) is 46.1 Å². The van der Waals surface area contributed by atoms with Gasteiger partial charge in [-0.1, -0.05) is 51.4 Å². The van der Waals surface area contributed by atoms with Gasteiger partial charge in [0.1, 0.15) is 0 Å². The topological polar surface area (TPSA) is 66.8 Å². The number of amides is 1. The van der Waals surface area contributed by atoms with Crippen LogP contribution in [0.2, 0.25) is 5.02 Å². The Morgan fingerprint density at radius 3 is 2.47 bits per heavy atom. The summed E-state index contributed by atoms with van der Waals surface area (Å²) in [7, 11) is 1.69. The number of benzene rings is 1. The Hall–Kier alpha value is -1.85. The van der Waals surface area contributed by atoms with E-state index in [0.29, 0.717) is 38.7 Å². The number of nitrogens with zero attached hydrogens (tertiary/aromatic N) is 1. The number of hydrogen-bond acceptors (Lipinski definition) is 3. The first-order valence-corrected chi connectivity index (χ1v) is 12.8. The standard InChI is InChI=1S/C28H38ClNO4/c1-25(2,3)10-8-19-6-7-20(14-22(19)29)26(4)15-23(31)30(16-21(26)9-13-34-5)28-12-11-27(17-28,18-28)24(32)33/h6-7,14,16H,8-13,15,17-18H2,1-5H3,(H,32,33)/t26-,27?,28?/m0/s1. The molecule has 1 aliphatic heterocycles. The largest absolute Gasteiger partial charge is 0.481 e. The maximum atomic E-state index is 13.5. The van der Waals surface area contributed by atoms with Crippen LogP contribution in [0, 0.1) is 10.8 Å². The predicted octanol–water partition coefficient (Wildman–Crippen LogP) is 6.13. The van der Waals surface area contributed by atoms with Crippen LogP contribution in [0.5, 0.6) is 0 Å². The number of ether oxygens (including phenoxy) is 1. The molecule has 4 aliphatic rings. The third-order valence-corrected chi connectivity index (χ3v) is 8.90. The zero-order valence-electron chi connectivity index (χ0n) is 21.2. The van der Waals surface area contributed by atoms with E-state index in [1.165, 1.54) is 0 Å². The number of carboxylic acid groups (broad SMARTS) is 1. The minimum atomic E-state index is -0.723. The summed E-state index contributed by atoms with van der Waals surface area (Å²) in [5.74, 6) is -0.655. The molecule has 1 atom stereocenters. The van der Waals surface area contributed by atoms with Crippen molar-refractivity contribution in [2.24, 2.45) is 10.8 Å². The molecule has 1 heterocycles. The number of carbonyl (C=O) groups excluding carboxylic acids is 1. The SMILES string of the molecule is COCCC1=CN(C23CCC(C(=O)O)(C2)C3)C(=O)C[C@@]1(C)c1ccc(CCC(C)(C)C)c(Cl)c1. The minimum Gasteiger partial charge on any atom is -0.481 e. The van der Waals surface area contributed by atoms with Gasteiger partial charge in [-0.3, -0.25) is 9.59 Å². The van der Waals surface area contributed by atoms with Crippen LogP contribution in [-0.4, -0.2) is 41.1 Å². The van der Waals surface area contributed by atoms with E-state index in [2.05, 4.69) is 39.8 Å². The molecule has 0 unspecified atom stereocenters. The molecule has 34 heavy (non-hydrogen) atoms. The number of fused-ring (bicyclic) bond motifs is 1. The van der Waals surface area contributed by atoms with Crippen molar-refractivity contribution in [3.63, 3.8) is 0 Å². The van der Waals surface area contributed by atoms with E-state index >= 15 is 0 Å². The molecule has 5 nitrogen and oxygen atoms in total. The van der Waals surface area contributed by atoms with Crippen molar-refractivity contribution in [2.75, 3.05) is 13.7 Å². The molecule has 1 amide bonds. The average Bonchev–Trinajstić information content (AvgIpc) is 3.30. The Morgan fingerprint density at radius 1 is 1.21 bits per heavy atom. The Labute approximate surface area is 208 Å². The van der Waals surface area contributed by atoms with Crippen LogP contribution in [0.1, 0.15) is 83.8 Å². The molecule has 3 saturated carbocycles. The summed E-state index contributed by atoms with van der Waals surface area (Å²) < 4.78 is 5.40. The van der Waals surface area contributed by atoms with E-state index in [1.54, 1.807) is 7.11 Å². The second-order valence-corrected chi connectivity index (χ2v) is 12.6. The summed E-state index contributed by atoms with van der Waals surface area (Å²) in [5.41, 5.74) is 2.11. The van der Waals surface area contributed by atoms with E-state index in [-0.39, 0.29) is 16.9 Å². The summed E-state index contributed by atoms with van der Waals surface area (Å²) in [6, 6.07) is 6.28. The molecular formula is C28H38ClNO4. The molecule has 0 radical (unpaired) electrons. The Bertz CT molecular complexity index is 1020. The van der Waals surface area contributed by atoms with E-state index in [1.807, 2.05) is 17.2 Å². The minimum absolute atomic E-state index is 0.0671. The number of carbonyl (C=O) groups is 2. The normalized spacial score (nSPS) is 30.8. The van der Waals surface area contributed by atoms with Crippen molar-refractivity contribution in [2.45, 2.75) is 90.0 Å². The fourth-order valence-electron chi connectivity index (χ4n) is 6.30. The maximum Gasteiger partial charge on any atom is 0.309 e. The first-order valence-electron chi connectivity index (χ1n) is 12.4. The Morgan fingerprint density at radius 2 is 1.91 bits per heavy atom. The van der Waals surface area contributed by atoms with Gasteiger partial charge >= 0.3 is 5.97 Å². The first kappa shape index (κ1) is 25.2. The van der Waals surface area contributed by atoms with Crippen molar-refractivity contribution >= 4 is 23.5 Å². The first-order chi connectivity index (χ1) is 15.8. The fraction of sp³-hybridized carbons (Fsp3) is 0.643. The lowest BCUT2D eigenvalue weighted by Gasteiger charge is -2.53. The molecule has 1 aromatic carbocycles. The van der Waals surface area contributed by atoms with Crippen LogP contribution in [0.15, 0.2) is 30.0 Å². The molecule has 2 bridgehead atoms. The summed E-state index contributed by atoms with van der Waals surface area (Å²) in [4.78, 5) is 27.2. The lowest BCUT2D eigenvalue weighted by atomic mass is 9.63. The molecule has 0 spiro atoms. The second kappa shape index (κ2) is 8.67. The fourth-order valence-corrected chi connectivity index (χ4v) is 6.57. The number of methoxy groups -OCH3 is 1. The van der Waals surface area contributed by atoms with E-state index in [4.69, 9.17) is 16.3 Å². The van der Waals surface area contributed by atoms with Crippen LogP contribution < -0.4 is 0 Å². The molecule has 0 saturated heterocycles. The van der Waals surface area contributed by atoms with Gasteiger partial charge in [0.15, 0.2) is 0 Å². The molecule has 5 rings (SSSR count). The van der Waals surface area contributed by atoms with Crippen molar-refractivity contribution in [1.82, 2.24) is 4.90 Å². The molecule has 3 aliphatic carbocycles. The van der Waals surface area contributed by atoms with E-state index in [0.717, 1.165) is 41.0 Å². The number of halogens is 1. The maximum absolute atomic E-state index is 13.5. The quantitative estimate of drug-likeness (QED) is 0.479. The van der Waals surface area contributed by atoms with Gasteiger partial charge < -0.3 is 14.7 Å².